The lowest BCUT2D eigenvalue weighted by Crippen LogP contribution is -1.88. The average Bonchev–Trinajstić information content (AvgIpc) is 2.81. The van der Waals surface area contributed by atoms with Crippen LogP contribution in [0.3, 0.4) is 0 Å². The summed E-state index contributed by atoms with van der Waals surface area (Å²) in [5, 5.41) is 6.92. The predicted octanol–water partition coefficient (Wildman–Crippen LogP) is 4.57. The third-order valence-corrected chi connectivity index (χ3v) is 4.79. The molecule has 2 nitrogen and oxygen atoms in total. The van der Waals surface area contributed by atoms with Crippen molar-refractivity contribution in [3.63, 3.8) is 0 Å². The van der Waals surface area contributed by atoms with E-state index in [-0.39, 0.29) is 0 Å². The van der Waals surface area contributed by atoms with E-state index in [1.165, 1.54) is 22.5 Å². The Morgan fingerprint density at radius 3 is 2.78 bits per heavy atom. The number of hydrogen-bond donors (Lipinski definition) is 1. The molecule has 0 aliphatic heterocycles. The zero-order valence-electron chi connectivity index (χ0n) is 9.89. The molecule has 0 radical (unpaired) electrons. The van der Waals surface area contributed by atoms with Crippen LogP contribution in [0.5, 0.6) is 0 Å². The van der Waals surface area contributed by atoms with E-state index in [0.29, 0.717) is 0 Å². The molecule has 0 aliphatic carbocycles. The molecule has 0 saturated carbocycles. The molecule has 1 aromatic heterocycles. The van der Waals surface area contributed by atoms with Gasteiger partial charge in [-0.15, -0.1) is 0 Å². The smallest absolute Gasteiger partial charge is 0.177 e. The van der Waals surface area contributed by atoms with Crippen molar-refractivity contribution in [1.82, 2.24) is 10.2 Å². The lowest BCUT2D eigenvalue weighted by Gasteiger charge is -2.01. The van der Waals surface area contributed by atoms with Crippen LogP contribution in [0.2, 0.25) is 0 Å². The molecule has 0 saturated heterocycles. The number of nitrogens with one attached hydrogen (secondary N) is 1. The van der Waals surface area contributed by atoms with Crippen LogP contribution in [0.15, 0.2) is 35.2 Å². The summed E-state index contributed by atoms with van der Waals surface area (Å²) in [5.74, 6) is 1.07. The Balaban J connectivity index is 1.74. The van der Waals surface area contributed by atoms with Gasteiger partial charge in [-0.25, -0.2) is 0 Å². The van der Waals surface area contributed by atoms with E-state index in [2.05, 4.69) is 41.0 Å². The normalized spacial score (nSPS) is 10.4. The topological polar surface area (TPSA) is 28.7 Å². The molecule has 0 unspecified atom stereocenters. The molecule has 2 rings (SSSR count). The number of rotatable bonds is 6. The maximum atomic E-state index is 4.99. The summed E-state index contributed by atoms with van der Waals surface area (Å²) in [4.78, 5) is 0. The fourth-order valence-electron chi connectivity index (χ4n) is 1.53. The van der Waals surface area contributed by atoms with Crippen LogP contribution >= 0.6 is 35.3 Å². The Labute approximate surface area is 120 Å². The summed E-state index contributed by atoms with van der Waals surface area (Å²) in [6.07, 6.45) is 4.11. The molecule has 0 fully saturated rings. The van der Waals surface area contributed by atoms with Gasteiger partial charge in [0.1, 0.15) is 0 Å². The lowest BCUT2D eigenvalue weighted by molar-refractivity contribution is 0.929. The van der Waals surface area contributed by atoms with E-state index in [0.717, 1.165) is 26.9 Å². The Hall–Kier alpha value is -0.910. The number of aromatic amines is 1. The van der Waals surface area contributed by atoms with Gasteiger partial charge in [0.05, 0.1) is 0 Å². The van der Waals surface area contributed by atoms with E-state index in [4.69, 9.17) is 12.2 Å². The van der Waals surface area contributed by atoms with Gasteiger partial charge in [-0.05, 0) is 36.2 Å². The molecule has 0 spiro atoms. The second-order valence-corrected chi connectivity index (χ2v) is 6.78. The first kappa shape index (κ1) is 13.5. The van der Waals surface area contributed by atoms with E-state index in [9.17, 15) is 0 Å². The number of H-pyrrole nitrogens is 1. The number of nitrogens with zero attached hydrogens (tertiary/aromatic N) is 1. The number of benzene rings is 1. The predicted molar refractivity (Wildman–Crippen MR) is 82.9 cm³/mol. The van der Waals surface area contributed by atoms with Crippen LogP contribution in [0.25, 0.3) is 6.08 Å². The van der Waals surface area contributed by atoms with Crippen molar-refractivity contribution in [2.24, 2.45) is 0 Å². The molecule has 1 aromatic carbocycles. The van der Waals surface area contributed by atoms with E-state index in [1.54, 1.807) is 11.8 Å². The Bertz CT molecular complexity index is 554. The van der Waals surface area contributed by atoms with E-state index >= 15 is 0 Å². The van der Waals surface area contributed by atoms with Crippen molar-refractivity contribution < 1.29 is 0 Å². The van der Waals surface area contributed by atoms with Crippen LogP contribution in [-0.4, -0.2) is 16.0 Å². The van der Waals surface area contributed by atoms with Crippen molar-refractivity contribution in [2.75, 3.05) is 5.75 Å². The third-order valence-electron chi connectivity index (χ3n) is 2.47. The highest BCUT2D eigenvalue weighted by atomic mass is 32.2. The molecule has 1 heterocycles. The summed E-state index contributed by atoms with van der Waals surface area (Å²) in [7, 11) is 0. The standard InChI is InChI=1S/C13H14N2S3/c1-2-10-5-7-11(8-6-10)4-3-9-17-13-15-14-12(16)18-13/h2,5-8H,1,3-4,9H2,(H,14,16). The summed E-state index contributed by atoms with van der Waals surface area (Å²) in [5.41, 5.74) is 2.54. The number of hydrogen-bond acceptors (Lipinski definition) is 4. The van der Waals surface area contributed by atoms with Gasteiger partial charge in [-0.2, -0.15) is 5.10 Å². The van der Waals surface area contributed by atoms with Crippen molar-refractivity contribution in [3.8, 4) is 0 Å². The highest BCUT2D eigenvalue weighted by Crippen LogP contribution is 2.21. The van der Waals surface area contributed by atoms with Crippen molar-refractivity contribution >= 4 is 41.4 Å². The average molecular weight is 294 g/mol. The van der Waals surface area contributed by atoms with Crippen LogP contribution in [0, 0.1) is 3.95 Å². The van der Waals surface area contributed by atoms with Crippen LogP contribution in [0.4, 0.5) is 0 Å². The second kappa shape index (κ2) is 6.87. The van der Waals surface area contributed by atoms with Gasteiger partial charge in [0.2, 0.25) is 0 Å². The maximum absolute atomic E-state index is 4.99. The molecule has 94 valence electrons. The Morgan fingerprint density at radius 2 is 2.17 bits per heavy atom. The molecule has 0 atom stereocenters. The molecule has 1 N–H and O–H groups in total. The number of aryl methyl sites for hydroxylation is 1. The highest BCUT2D eigenvalue weighted by molar-refractivity contribution is 8.01. The first-order valence-corrected chi connectivity index (χ1v) is 7.88. The van der Waals surface area contributed by atoms with Gasteiger partial charge in [0, 0.05) is 5.75 Å². The monoisotopic (exact) mass is 294 g/mol. The molecule has 0 amide bonds. The van der Waals surface area contributed by atoms with Gasteiger partial charge < -0.3 is 0 Å². The molecule has 18 heavy (non-hydrogen) atoms. The summed E-state index contributed by atoms with van der Waals surface area (Å²) in [6.45, 7) is 3.75. The van der Waals surface area contributed by atoms with Crippen LogP contribution in [0.1, 0.15) is 17.5 Å². The maximum Gasteiger partial charge on any atom is 0.177 e. The SMILES string of the molecule is C=Cc1ccc(CCCSc2n[nH]c(=S)s2)cc1. The van der Waals surface area contributed by atoms with Gasteiger partial charge in [-0.3, -0.25) is 5.10 Å². The van der Waals surface area contributed by atoms with Crippen molar-refractivity contribution in [2.45, 2.75) is 17.2 Å². The van der Waals surface area contributed by atoms with Gasteiger partial charge >= 0.3 is 0 Å². The van der Waals surface area contributed by atoms with Gasteiger partial charge in [-0.1, -0.05) is 60.0 Å². The molecule has 0 aliphatic rings. The van der Waals surface area contributed by atoms with Crippen molar-refractivity contribution in [1.29, 1.82) is 0 Å². The first-order valence-electron chi connectivity index (χ1n) is 5.67. The van der Waals surface area contributed by atoms with Gasteiger partial charge in [0.15, 0.2) is 8.29 Å². The van der Waals surface area contributed by atoms with E-state index < -0.39 is 0 Å². The largest absolute Gasteiger partial charge is 0.257 e. The molecular formula is C13H14N2S3. The van der Waals surface area contributed by atoms with Crippen LogP contribution < -0.4 is 0 Å². The summed E-state index contributed by atoms with van der Waals surface area (Å²) in [6, 6.07) is 8.55. The van der Waals surface area contributed by atoms with Crippen LogP contribution in [-0.2, 0) is 6.42 Å². The Kier molecular flexibility index (Phi) is 5.16. The number of thioether (sulfide) groups is 1. The van der Waals surface area contributed by atoms with Crippen molar-refractivity contribution in [3.05, 3.63) is 45.9 Å². The summed E-state index contributed by atoms with van der Waals surface area (Å²) >= 11 is 8.29. The fourth-order valence-corrected chi connectivity index (χ4v) is 3.63. The summed E-state index contributed by atoms with van der Waals surface area (Å²) < 4.78 is 1.78. The highest BCUT2D eigenvalue weighted by Gasteiger charge is 1.99. The van der Waals surface area contributed by atoms with Gasteiger partial charge in [0.25, 0.3) is 0 Å². The Morgan fingerprint density at radius 1 is 1.39 bits per heavy atom. The molecule has 0 bridgehead atoms. The quantitative estimate of drug-likeness (QED) is 0.481. The first-order chi connectivity index (χ1) is 8.78. The second-order valence-electron chi connectivity index (χ2n) is 3.78. The minimum absolute atomic E-state index is 0.748. The van der Waals surface area contributed by atoms with E-state index in [1.807, 2.05) is 6.08 Å². The number of aromatic nitrogens is 2. The molecule has 5 heteroatoms. The zero-order chi connectivity index (χ0) is 12.8. The zero-order valence-corrected chi connectivity index (χ0v) is 12.3. The molecular weight excluding hydrogens is 280 g/mol. The molecule has 2 aromatic rings. The third kappa shape index (κ3) is 4.08. The lowest BCUT2D eigenvalue weighted by atomic mass is 10.1. The fraction of sp³-hybridized carbons (Fsp3) is 0.231. The minimum Gasteiger partial charge on any atom is -0.257 e. The minimum atomic E-state index is 0.748.